The first-order chi connectivity index (χ1) is 14.8. The van der Waals surface area contributed by atoms with E-state index < -0.39 is 17.9 Å². The van der Waals surface area contributed by atoms with Crippen molar-refractivity contribution in [3.8, 4) is 0 Å². The third-order valence-corrected chi connectivity index (χ3v) is 7.17. The minimum absolute atomic E-state index is 0.0308. The number of rotatable bonds is 7. The molecule has 2 aromatic rings. The number of hydrogen-bond acceptors (Lipinski definition) is 3. The Balaban J connectivity index is 1.50. The van der Waals surface area contributed by atoms with Crippen LogP contribution in [0.2, 0.25) is 5.02 Å². The molecule has 1 saturated heterocycles. The van der Waals surface area contributed by atoms with Gasteiger partial charge < -0.3 is 14.6 Å². The van der Waals surface area contributed by atoms with Crippen molar-refractivity contribution in [2.45, 2.75) is 75.9 Å². The Morgan fingerprint density at radius 2 is 1.87 bits per heavy atom. The summed E-state index contributed by atoms with van der Waals surface area (Å²) in [5.74, 6) is -3.01. The fourth-order valence-electron chi connectivity index (χ4n) is 5.17. The normalized spacial score (nSPS) is 24.5. The summed E-state index contributed by atoms with van der Waals surface area (Å²) in [5, 5.41) is 11.9. The molecule has 1 aliphatic heterocycles. The van der Waals surface area contributed by atoms with Crippen LogP contribution in [0.1, 0.15) is 68.1 Å². The molecule has 0 spiro atoms. The van der Waals surface area contributed by atoms with Crippen LogP contribution in [-0.4, -0.2) is 51.5 Å². The maximum absolute atomic E-state index is 13.8. The Labute approximate surface area is 187 Å². The first kappa shape index (κ1) is 22.7. The van der Waals surface area contributed by atoms with Crippen molar-refractivity contribution in [2.75, 3.05) is 19.6 Å². The van der Waals surface area contributed by atoms with Gasteiger partial charge in [0.15, 0.2) is 5.78 Å². The van der Waals surface area contributed by atoms with Crippen LogP contribution in [0.3, 0.4) is 0 Å². The zero-order valence-electron chi connectivity index (χ0n) is 17.9. The van der Waals surface area contributed by atoms with E-state index in [0.717, 1.165) is 31.7 Å². The number of likely N-dealkylation sites (tertiary alicyclic amines) is 1. The average Bonchev–Trinajstić information content (AvgIpc) is 3.11. The van der Waals surface area contributed by atoms with Crippen molar-refractivity contribution in [3.05, 3.63) is 35.0 Å². The molecule has 1 atom stereocenters. The van der Waals surface area contributed by atoms with Gasteiger partial charge in [-0.1, -0.05) is 24.1 Å². The van der Waals surface area contributed by atoms with Gasteiger partial charge in [0.05, 0.1) is 16.1 Å². The number of aromatic nitrogens is 1. The second kappa shape index (κ2) is 9.16. The van der Waals surface area contributed by atoms with Crippen LogP contribution in [0, 0.1) is 0 Å². The van der Waals surface area contributed by atoms with Gasteiger partial charge in [-0.2, -0.15) is 0 Å². The average molecular weight is 453 g/mol. The van der Waals surface area contributed by atoms with Gasteiger partial charge >= 0.3 is 0 Å². The Morgan fingerprint density at radius 3 is 2.61 bits per heavy atom. The summed E-state index contributed by atoms with van der Waals surface area (Å²) < 4.78 is 29.6. The summed E-state index contributed by atoms with van der Waals surface area (Å²) in [6.07, 6.45) is 5.50. The van der Waals surface area contributed by atoms with Crippen molar-refractivity contribution in [3.63, 3.8) is 0 Å². The van der Waals surface area contributed by atoms with Gasteiger partial charge in [0.1, 0.15) is 0 Å². The number of Topliss-reactive ketones (excluding diaryl/α,β-unsaturated/α-hetero) is 1. The quantitative estimate of drug-likeness (QED) is 0.549. The molecule has 2 heterocycles. The van der Waals surface area contributed by atoms with Crippen LogP contribution >= 0.6 is 11.6 Å². The molecule has 1 unspecified atom stereocenters. The van der Waals surface area contributed by atoms with E-state index in [0.29, 0.717) is 22.4 Å². The lowest BCUT2D eigenvalue weighted by molar-refractivity contribution is -0.126. The standard InChI is InChI=1S/C24H31ClF2N2O2/c25-19-6-4-7-20-22(19)18(16-29(20)15-14-28-12-2-1-3-13-28)21(30)8-11-23(31)9-5-10-24(26,27)17-23/h4,6-7,16,31H,1-3,5,8-15,17H2. The van der Waals surface area contributed by atoms with Crippen LogP contribution in [0.5, 0.6) is 0 Å². The van der Waals surface area contributed by atoms with E-state index in [9.17, 15) is 18.7 Å². The molecule has 4 rings (SSSR count). The number of ketones is 1. The van der Waals surface area contributed by atoms with Crippen LogP contribution in [-0.2, 0) is 6.54 Å². The lowest BCUT2D eigenvalue weighted by Crippen LogP contribution is -2.41. The second-order valence-electron chi connectivity index (χ2n) is 9.31. The summed E-state index contributed by atoms with van der Waals surface area (Å²) in [7, 11) is 0. The highest BCUT2D eigenvalue weighted by Gasteiger charge is 2.44. The SMILES string of the molecule is O=C(CCC1(O)CCCC(F)(F)C1)c1cn(CCN2CCCCC2)c2cccc(Cl)c12. The molecule has 7 heteroatoms. The Hall–Kier alpha value is -1.50. The van der Waals surface area contributed by atoms with Crippen LogP contribution in [0.25, 0.3) is 10.9 Å². The molecule has 0 amide bonds. The summed E-state index contributed by atoms with van der Waals surface area (Å²) in [4.78, 5) is 15.5. The molecular weight excluding hydrogens is 422 g/mol. The van der Waals surface area contributed by atoms with E-state index in [4.69, 9.17) is 11.6 Å². The molecule has 0 radical (unpaired) electrons. The molecule has 4 nitrogen and oxygen atoms in total. The van der Waals surface area contributed by atoms with E-state index in [-0.39, 0.29) is 31.5 Å². The monoisotopic (exact) mass is 452 g/mol. The summed E-state index contributed by atoms with van der Waals surface area (Å²) >= 11 is 6.46. The smallest absolute Gasteiger partial charge is 0.250 e. The Morgan fingerprint density at radius 1 is 1.10 bits per heavy atom. The van der Waals surface area contributed by atoms with Crippen LogP contribution in [0.15, 0.2) is 24.4 Å². The Kier molecular flexibility index (Phi) is 6.71. The van der Waals surface area contributed by atoms with Crippen molar-refractivity contribution in [1.82, 2.24) is 9.47 Å². The molecule has 31 heavy (non-hydrogen) atoms. The van der Waals surface area contributed by atoms with Gasteiger partial charge in [0, 0.05) is 49.5 Å². The summed E-state index contributed by atoms with van der Waals surface area (Å²) in [6, 6.07) is 5.61. The lowest BCUT2D eigenvalue weighted by atomic mass is 9.79. The number of halogens is 3. The number of piperidine rings is 1. The zero-order chi connectivity index (χ0) is 22.1. The molecule has 1 N–H and O–H groups in total. The minimum Gasteiger partial charge on any atom is -0.390 e. The van der Waals surface area contributed by atoms with Crippen molar-refractivity contribution >= 4 is 28.3 Å². The van der Waals surface area contributed by atoms with Gasteiger partial charge in [-0.25, -0.2) is 8.78 Å². The highest BCUT2D eigenvalue weighted by Crippen LogP contribution is 2.41. The van der Waals surface area contributed by atoms with Gasteiger partial charge in [0.2, 0.25) is 0 Å². The molecule has 2 fully saturated rings. The predicted molar refractivity (Wildman–Crippen MR) is 119 cm³/mol. The van der Waals surface area contributed by atoms with Gasteiger partial charge in [-0.05, 0) is 57.3 Å². The fourth-order valence-corrected chi connectivity index (χ4v) is 5.44. The molecule has 170 valence electrons. The highest BCUT2D eigenvalue weighted by molar-refractivity contribution is 6.37. The first-order valence-corrected chi connectivity index (χ1v) is 11.8. The topological polar surface area (TPSA) is 45.5 Å². The number of fused-ring (bicyclic) bond motifs is 1. The number of hydrogen-bond donors (Lipinski definition) is 1. The highest BCUT2D eigenvalue weighted by atomic mass is 35.5. The number of alkyl halides is 2. The maximum Gasteiger partial charge on any atom is 0.250 e. The number of nitrogens with zero attached hydrogens (tertiary/aromatic N) is 2. The van der Waals surface area contributed by atoms with Crippen LogP contribution in [0.4, 0.5) is 8.78 Å². The number of carbonyl (C=O) groups is 1. The van der Waals surface area contributed by atoms with E-state index in [1.54, 1.807) is 6.07 Å². The van der Waals surface area contributed by atoms with Crippen molar-refractivity contribution < 1.29 is 18.7 Å². The van der Waals surface area contributed by atoms with E-state index in [1.165, 1.54) is 19.3 Å². The number of carbonyl (C=O) groups excluding carboxylic acids is 1. The Bertz CT molecular complexity index is 939. The molecule has 2 aliphatic rings. The zero-order valence-corrected chi connectivity index (χ0v) is 18.6. The number of aliphatic hydroxyl groups is 1. The molecular formula is C24H31ClF2N2O2. The van der Waals surface area contributed by atoms with Crippen LogP contribution < -0.4 is 0 Å². The second-order valence-corrected chi connectivity index (χ2v) is 9.71. The number of benzene rings is 1. The summed E-state index contributed by atoms with van der Waals surface area (Å²) in [6.45, 7) is 3.89. The molecule has 0 bridgehead atoms. The summed E-state index contributed by atoms with van der Waals surface area (Å²) in [5.41, 5.74) is -0.0467. The molecule has 1 aliphatic carbocycles. The first-order valence-electron chi connectivity index (χ1n) is 11.4. The van der Waals surface area contributed by atoms with Crippen molar-refractivity contribution in [2.24, 2.45) is 0 Å². The maximum atomic E-state index is 13.8. The minimum atomic E-state index is -2.86. The third-order valence-electron chi connectivity index (χ3n) is 6.85. The third kappa shape index (κ3) is 5.29. The van der Waals surface area contributed by atoms with Gasteiger partial charge in [-0.3, -0.25) is 4.79 Å². The predicted octanol–water partition coefficient (Wildman–Crippen LogP) is 5.68. The van der Waals surface area contributed by atoms with Gasteiger partial charge in [-0.15, -0.1) is 0 Å². The van der Waals surface area contributed by atoms with E-state index in [2.05, 4.69) is 9.47 Å². The molecule has 1 aromatic carbocycles. The largest absolute Gasteiger partial charge is 0.390 e. The van der Waals surface area contributed by atoms with E-state index in [1.807, 2.05) is 18.3 Å². The fraction of sp³-hybridized carbons (Fsp3) is 0.625. The van der Waals surface area contributed by atoms with Gasteiger partial charge in [0.25, 0.3) is 5.92 Å². The molecule has 1 saturated carbocycles. The van der Waals surface area contributed by atoms with E-state index >= 15 is 0 Å². The lowest BCUT2D eigenvalue weighted by Gasteiger charge is -2.36. The molecule has 1 aromatic heterocycles. The van der Waals surface area contributed by atoms with Crippen molar-refractivity contribution in [1.29, 1.82) is 0 Å².